The van der Waals surface area contributed by atoms with Gasteiger partial charge in [-0.15, -0.1) is 0 Å². The Bertz CT molecular complexity index is 630. The minimum atomic E-state index is 0.359. The molecule has 2 N–H and O–H groups in total. The highest BCUT2D eigenvalue weighted by Gasteiger charge is 2.09. The number of fused-ring (bicyclic) bond motifs is 1. The normalized spacial score (nSPS) is 12.0. The first-order valence-electron chi connectivity index (χ1n) is 7.15. The Morgan fingerprint density at radius 3 is 2.90 bits per heavy atom. The predicted molar refractivity (Wildman–Crippen MR) is 92.0 cm³/mol. The first-order chi connectivity index (χ1) is 10.2. The maximum absolute atomic E-state index is 5.38. The van der Waals surface area contributed by atoms with Gasteiger partial charge in [0.1, 0.15) is 11.3 Å². The number of methoxy groups -OCH3 is 1. The first kappa shape index (κ1) is 15.5. The molecule has 112 valence electrons. The third kappa shape index (κ3) is 3.82. The molecule has 1 aromatic heterocycles. The van der Waals surface area contributed by atoms with Crippen LogP contribution in [0.1, 0.15) is 26.7 Å². The van der Waals surface area contributed by atoms with Crippen LogP contribution in [0.15, 0.2) is 30.5 Å². The summed E-state index contributed by atoms with van der Waals surface area (Å²) in [7, 11) is 1.65. The van der Waals surface area contributed by atoms with E-state index in [0.717, 1.165) is 35.2 Å². The predicted octanol–water partition coefficient (Wildman–Crippen LogP) is 3.72. The second kappa shape index (κ2) is 7.22. The largest absolute Gasteiger partial charge is 0.494 e. The van der Waals surface area contributed by atoms with Gasteiger partial charge in [0.25, 0.3) is 0 Å². The zero-order valence-corrected chi connectivity index (χ0v) is 13.5. The van der Waals surface area contributed by atoms with Gasteiger partial charge < -0.3 is 15.4 Å². The van der Waals surface area contributed by atoms with Crippen LogP contribution >= 0.6 is 12.2 Å². The van der Waals surface area contributed by atoms with Gasteiger partial charge in [-0.3, -0.25) is 4.98 Å². The van der Waals surface area contributed by atoms with Crippen molar-refractivity contribution in [3.8, 4) is 5.75 Å². The number of aromatic nitrogens is 1. The molecular weight excluding hydrogens is 282 g/mol. The highest BCUT2D eigenvalue weighted by Crippen LogP contribution is 2.29. The van der Waals surface area contributed by atoms with Crippen molar-refractivity contribution in [1.82, 2.24) is 10.3 Å². The van der Waals surface area contributed by atoms with E-state index in [4.69, 9.17) is 17.0 Å². The molecule has 0 unspecified atom stereocenters. The van der Waals surface area contributed by atoms with Crippen LogP contribution in [0.25, 0.3) is 10.9 Å². The Hall–Kier alpha value is -1.88. The summed E-state index contributed by atoms with van der Waals surface area (Å²) in [6.07, 6.45) is 3.98. The van der Waals surface area contributed by atoms with Crippen molar-refractivity contribution >= 4 is 33.9 Å². The zero-order chi connectivity index (χ0) is 15.2. The summed E-state index contributed by atoms with van der Waals surface area (Å²) in [5, 5.41) is 8.16. The number of benzene rings is 1. The molecule has 21 heavy (non-hydrogen) atoms. The summed E-state index contributed by atoms with van der Waals surface area (Å²) < 4.78 is 5.35. The molecule has 5 heteroatoms. The fourth-order valence-corrected chi connectivity index (χ4v) is 2.62. The van der Waals surface area contributed by atoms with Gasteiger partial charge in [-0.1, -0.05) is 13.3 Å². The SMILES string of the molecule is CCC[C@@H](C)NC(=S)Nc1ccc(OC)c2ncccc12. The summed E-state index contributed by atoms with van der Waals surface area (Å²) in [5.74, 6) is 0.759. The van der Waals surface area contributed by atoms with Crippen molar-refractivity contribution < 1.29 is 4.74 Å². The molecule has 0 saturated carbocycles. The number of pyridine rings is 1. The van der Waals surface area contributed by atoms with Gasteiger partial charge in [0, 0.05) is 23.3 Å². The summed E-state index contributed by atoms with van der Waals surface area (Å²) in [6, 6.07) is 8.13. The van der Waals surface area contributed by atoms with Crippen molar-refractivity contribution in [3.63, 3.8) is 0 Å². The number of nitrogens with one attached hydrogen (secondary N) is 2. The van der Waals surface area contributed by atoms with E-state index in [2.05, 4.69) is 29.5 Å². The molecule has 0 aliphatic rings. The smallest absolute Gasteiger partial charge is 0.171 e. The second-order valence-corrected chi connectivity index (χ2v) is 5.41. The average Bonchev–Trinajstić information content (AvgIpc) is 2.47. The molecule has 2 aromatic rings. The lowest BCUT2D eigenvalue weighted by atomic mass is 10.1. The van der Waals surface area contributed by atoms with Crippen LogP contribution in [-0.4, -0.2) is 23.2 Å². The van der Waals surface area contributed by atoms with E-state index in [1.807, 2.05) is 24.3 Å². The highest BCUT2D eigenvalue weighted by atomic mass is 32.1. The van der Waals surface area contributed by atoms with Crippen LogP contribution in [0, 0.1) is 0 Å². The minimum absolute atomic E-state index is 0.359. The lowest BCUT2D eigenvalue weighted by molar-refractivity contribution is 0.419. The summed E-state index contributed by atoms with van der Waals surface area (Å²) in [4.78, 5) is 4.38. The summed E-state index contributed by atoms with van der Waals surface area (Å²) in [6.45, 7) is 4.29. The highest BCUT2D eigenvalue weighted by molar-refractivity contribution is 7.80. The number of thiocarbonyl (C=S) groups is 1. The van der Waals surface area contributed by atoms with Crippen LogP contribution in [0.3, 0.4) is 0 Å². The molecule has 0 bridgehead atoms. The summed E-state index contributed by atoms with van der Waals surface area (Å²) in [5.41, 5.74) is 1.76. The molecule has 0 spiro atoms. The number of ether oxygens (including phenoxy) is 1. The van der Waals surface area contributed by atoms with E-state index in [1.165, 1.54) is 0 Å². The van der Waals surface area contributed by atoms with Crippen molar-refractivity contribution in [2.45, 2.75) is 32.7 Å². The monoisotopic (exact) mass is 303 g/mol. The second-order valence-electron chi connectivity index (χ2n) is 5.00. The Labute approximate surface area is 130 Å². The third-order valence-electron chi connectivity index (χ3n) is 3.30. The third-order valence-corrected chi connectivity index (χ3v) is 3.52. The Morgan fingerprint density at radius 1 is 1.38 bits per heavy atom. The molecule has 0 radical (unpaired) electrons. The number of anilines is 1. The van der Waals surface area contributed by atoms with Crippen molar-refractivity contribution in [2.24, 2.45) is 0 Å². The van der Waals surface area contributed by atoms with Crippen molar-refractivity contribution in [2.75, 3.05) is 12.4 Å². The number of hydrogen-bond donors (Lipinski definition) is 2. The average molecular weight is 303 g/mol. The molecule has 0 amide bonds. The van der Waals surface area contributed by atoms with Crippen LogP contribution in [0.4, 0.5) is 5.69 Å². The van der Waals surface area contributed by atoms with E-state index in [0.29, 0.717) is 11.2 Å². The molecule has 0 aliphatic heterocycles. The molecule has 1 heterocycles. The van der Waals surface area contributed by atoms with Gasteiger partial charge in [-0.25, -0.2) is 0 Å². The van der Waals surface area contributed by atoms with E-state index in [-0.39, 0.29) is 0 Å². The lowest BCUT2D eigenvalue weighted by Gasteiger charge is -2.17. The number of hydrogen-bond acceptors (Lipinski definition) is 3. The van der Waals surface area contributed by atoms with E-state index in [1.54, 1.807) is 13.3 Å². The lowest BCUT2D eigenvalue weighted by Crippen LogP contribution is -2.35. The fraction of sp³-hybridized carbons (Fsp3) is 0.375. The molecule has 0 aliphatic carbocycles. The maximum Gasteiger partial charge on any atom is 0.171 e. The minimum Gasteiger partial charge on any atom is -0.494 e. The van der Waals surface area contributed by atoms with Crippen LogP contribution in [0.2, 0.25) is 0 Å². The molecule has 4 nitrogen and oxygen atoms in total. The van der Waals surface area contributed by atoms with Gasteiger partial charge in [0.15, 0.2) is 5.11 Å². The summed E-state index contributed by atoms with van der Waals surface area (Å²) >= 11 is 5.38. The van der Waals surface area contributed by atoms with Crippen LogP contribution < -0.4 is 15.4 Å². The van der Waals surface area contributed by atoms with Crippen LogP contribution in [0.5, 0.6) is 5.75 Å². The van der Waals surface area contributed by atoms with E-state index < -0.39 is 0 Å². The van der Waals surface area contributed by atoms with Gasteiger partial charge in [0.05, 0.1) is 7.11 Å². The van der Waals surface area contributed by atoms with Gasteiger partial charge in [-0.05, 0) is 49.8 Å². The Balaban J connectivity index is 2.21. The number of nitrogens with zero attached hydrogens (tertiary/aromatic N) is 1. The Morgan fingerprint density at radius 2 is 2.19 bits per heavy atom. The van der Waals surface area contributed by atoms with E-state index >= 15 is 0 Å². The van der Waals surface area contributed by atoms with Crippen molar-refractivity contribution in [1.29, 1.82) is 0 Å². The fourth-order valence-electron chi connectivity index (χ4n) is 2.31. The van der Waals surface area contributed by atoms with Crippen LogP contribution in [-0.2, 0) is 0 Å². The maximum atomic E-state index is 5.38. The van der Waals surface area contributed by atoms with Gasteiger partial charge in [-0.2, -0.15) is 0 Å². The molecular formula is C16H21N3OS. The van der Waals surface area contributed by atoms with Crippen molar-refractivity contribution in [3.05, 3.63) is 30.5 Å². The molecule has 1 atom stereocenters. The van der Waals surface area contributed by atoms with Gasteiger partial charge in [0.2, 0.25) is 0 Å². The topological polar surface area (TPSA) is 46.2 Å². The standard InChI is InChI=1S/C16H21N3OS/c1-4-6-11(2)18-16(21)19-13-8-9-14(20-3)15-12(13)7-5-10-17-15/h5,7-11H,4,6H2,1-3H3,(H2,18,19,21)/t11-/m1/s1. The molecule has 1 aromatic carbocycles. The molecule has 0 saturated heterocycles. The quantitative estimate of drug-likeness (QED) is 0.824. The zero-order valence-electron chi connectivity index (χ0n) is 12.6. The Kier molecular flexibility index (Phi) is 5.33. The number of rotatable bonds is 5. The first-order valence-corrected chi connectivity index (χ1v) is 7.55. The van der Waals surface area contributed by atoms with Gasteiger partial charge >= 0.3 is 0 Å². The van der Waals surface area contributed by atoms with E-state index in [9.17, 15) is 0 Å². The molecule has 2 rings (SSSR count). The molecule has 0 fully saturated rings.